The minimum absolute atomic E-state index is 0.0628. The number of nitrogens with one attached hydrogen (secondary N) is 2. The first-order valence-electron chi connectivity index (χ1n) is 14.1. The van der Waals surface area contributed by atoms with Gasteiger partial charge >= 0.3 is 6.18 Å². The topological polar surface area (TPSA) is 126 Å². The molecule has 14 heteroatoms. The summed E-state index contributed by atoms with van der Waals surface area (Å²) < 4.78 is 45.2. The lowest BCUT2D eigenvalue weighted by Crippen LogP contribution is -2.21. The van der Waals surface area contributed by atoms with Gasteiger partial charge in [0, 0.05) is 39.3 Å². The summed E-state index contributed by atoms with van der Waals surface area (Å²) in [6.07, 6.45) is 1.72. The minimum atomic E-state index is -4.81. The van der Waals surface area contributed by atoms with E-state index in [-0.39, 0.29) is 17.9 Å². The van der Waals surface area contributed by atoms with Crippen LogP contribution < -0.4 is 10.6 Å². The van der Waals surface area contributed by atoms with Gasteiger partial charge in [-0.15, -0.1) is 10.2 Å². The SMILES string of the molecule is CCNc1cc(-c2c(-c3nncn3C)cnn2C)cc(C(=O)Nc2cc(CN3CCC4(CC4)C3)cc(C(F)(F)F)c2O)n1. The van der Waals surface area contributed by atoms with E-state index in [0.29, 0.717) is 46.0 Å². The summed E-state index contributed by atoms with van der Waals surface area (Å²) in [4.78, 5) is 20.1. The fraction of sp³-hybridized carbons (Fsp3) is 0.414. The third-order valence-electron chi connectivity index (χ3n) is 8.18. The van der Waals surface area contributed by atoms with Gasteiger partial charge in [0.15, 0.2) is 11.6 Å². The van der Waals surface area contributed by atoms with Crippen LogP contribution in [0.3, 0.4) is 0 Å². The Labute approximate surface area is 245 Å². The standard InChI is InChI=1S/C29H32F3N9O2/c1-4-33-23-12-18(24-19(13-35-40(24)3)26-38-34-16-39(26)2)11-22(36-23)27(43)37-21-10-17(9-20(25(21)42)29(30,31)32)14-41-8-7-28(15-41)5-6-28/h9-13,16,42H,4-8,14-15H2,1-3H3,(H,33,36)(H,37,43). The lowest BCUT2D eigenvalue weighted by atomic mass is 10.1. The third-order valence-corrected chi connectivity index (χ3v) is 8.18. The van der Waals surface area contributed by atoms with E-state index in [1.54, 1.807) is 41.9 Å². The fourth-order valence-corrected chi connectivity index (χ4v) is 5.81. The molecule has 43 heavy (non-hydrogen) atoms. The molecule has 2 aliphatic rings. The highest BCUT2D eigenvalue weighted by Gasteiger charge is 2.47. The third kappa shape index (κ3) is 5.66. The van der Waals surface area contributed by atoms with Crippen LogP contribution in [0.4, 0.5) is 24.7 Å². The van der Waals surface area contributed by atoms with Crippen molar-refractivity contribution in [1.29, 1.82) is 0 Å². The van der Waals surface area contributed by atoms with E-state index in [2.05, 4.69) is 35.8 Å². The number of hydrogen-bond acceptors (Lipinski definition) is 8. The van der Waals surface area contributed by atoms with E-state index in [1.807, 2.05) is 6.92 Å². The van der Waals surface area contributed by atoms with Crippen molar-refractivity contribution in [2.75, 3.05) is 30.3 Å². The van der Waals surface area contributed by atoms with Crippen LogP contribution >= 0.6 is 0 Å². The van der Waals surface area contributed by atoms with Gasteiger partial charge < -0.3 is 20.3 Å². The van der Waals surface area contributed by atoms with E-state index in [9.17, 15) is 23.1 Å². The number of aromatic nitrogens is 6. The second-order valence-corrected chi connectivity index (χ2v) is 11.4. The number of phenols is 1. The number of likely N-dealkylation sites (tertiary alicyclic amines) is 1. The number of rotatable bonds is 8. The van der Waals surface area contributed by atoms with Gasteiger partial charge in [-0.25, -0.2) is 4.98 Å². The van der Waals surface area contributed by atoms with Crippen LogP contribution in [0, 0.1) is 5.41 Å². The van der Waals surface area contributed by atoms with Gasteiger partial charge in [0.25, 0.3) is 5.91 Å². The maximum atomic E-state index is 14.0. The van der Waals surface area contributed by atoms with Crippen molar-refractivity contribution < 1.29 is 23.1 Å². The van der Waals surface area contributed by atoms with Gasteiger partial charge in [0.1, 0.15) is 17.8 Å². The molecule has 0 radical (unpaired) electrons. The molecule has 4 aromatic rings. The number of aryl methyl sites for hydroxylation is 2. The summed E-state index contributed by atoms with van der Waals surface area (Å²) >= 11 is 0. The zero-order valence-corrected chi connectivity index (χ0v) is 24.0. The average Bonchev–Trinajstić information content (AvgIpc) is 3.20. The largest absolute Gasteiger partial charge is 0.505 e. The molecular weight excluding hydrogens is 563 g/mol. The highest BCUT2D eigenvalue weighted by molar-refractivity contribution is 6.05. The van der Waals surface area contributed by atoms with E-state index in [1.165, 1.54) is 12.1 Å². The van der Waals surface area contributed by atoms with E-state index >= 15 is 0 Å². The van der Waals surface area contributed by atoms with E-state index in [0.717, 1.165) is 38.4 Å². The number of aromatic hydroxyl groups is 1. The predicted molar refractivity (Wildman–Crippen MR) is 153 cm³/mol. The Hall–Kier alpha value is -4.46. The number of halogens is 3. The number of anilines is 2. The summed E-state index contributed by atoms with van der Waals surface area (Å²) in [7, 11) is 3.54. The van der Waals surface area contributed by atoms with Gasteiger partial charge in [-0.1, -0.05) is 0 Å². The molecule has 1 aromatic carbocycles. The van der Waals surface area contributed by atoms with Crippen LogP contribution in [0.2, 0.25) is 0 Å². The Morgan fingerprint density at radius 3 is 2.58 bits per heavy atom. The monoisotopic (exact) mass is 595 g/mol. The molecule has 1 saturated heterocycles. The average molecular weight is 596 g/mol. The Bertz CT molecular complexity index is 1690. The number of pyridine rings is 1. The molecule has 11 nitrogen and oxygen atoms in total. The van der Waals surface area contributed by atoms with Crippen LogP contribution in [0.1, 0.15) is 47.8 Å². The van der Waals surface area contributed by atoms with Crippen molar-refractivity contribution in [1.82, 2.24) is 34.4 Å². The number of phenolic OH excluding ortho intramolecular Hbond substituents is 1. The Balaban J connectivity index is 1.35. The minimum Gasteiger partial charge on any atom is -0.505 e. The quantitative estimate of drug-likeness (QED) is 0.251. The lowest BCUT2D eigenvalue weighted by molar-refractivity contribution is -0.138. The Morgan fingerprint density at radius 1 is 1.14 bits per heavy atom. The van der Waals surface area contributed by atoms with Crippen molar-refractivity contribution in [2.45, 2.75) is 38.9 Å². The molecule has 1 aliphatic carbocycles. The van der Waals surface area contributed by atoms with Gasteiger partial charge in [0.05, 0.1) is 28.7 Å². The first kappa shape index (κ1) is 28.6. The van der Waals surface area contributed by atoms with Crippen molar-refractivity contribution in [3.8, 4) is 28.4 Å². The lowest BCUT2D eigenvalue weighted by Gasteiger charge is -2.20. The molecule has 4 heterocycles. The maximum absolute atomic E-state index is 14.0. The molecule has 1 saturated carbocycles. The first-order valence-corrected chi connectivity index (χ1v) is 14.1. The van der Waals surface area contributed by atoms with Crippen molar-refractivity contribution in [2.24, 2.45) is 19.5 Å². The summed E-state index contributed by atoms with van der Waals surface area (Å²) in [6.45, 7) is 4.31. The normalized spacial score (nSPS) is 16.1. The second kappa shape index (κ2) is 10.7. The molecule has 1 spiro atoms. The van der Waals surface area contributed by atoms with Gasteiger partial charge in [-0.3, -0.25) is 14.4 Å². The fourth-order valence-electron chi connectivity index (χ4n) is 5.81. The molecule has 1 amide bonds. The Kier molecular flexibility index (Phi) is 7.11. The first-order chi connectivity index (χ1) is 20.5. The number of carbonyl (C=O) groups excluding carboxylic acids is 1. The van der Waals surface area contributed by atoms with Crippen molar-refractivity contribution >= 4 is 17.4 Å². The van der Waals surface area contributed by atoms with Gasteiger partial charge in [-0.2, -0.15) is 18.3 Å². The zero-order valence-electron chi connectivity index (χ0n) is 24.0. The van der Waals surface area contributed by atoms with Crippen LogP contribution in [0.5, 0.6) is 5.75 Å². The molecule has 1 aliphatic heterocycles. The zero-order chi connectivity index (χ0) is 30.5. The number of alkyl halides is 3. The van der Waals surface area contributed by atoms with Crippen LogP contribution in [-0.2, 0) is 26.8 Å². The summed E-state index contributed by atoms with van der Waals surface area (Å²) in [5.74, 6) is -0.874. The summed E-state index contributed by atoms with van der Waals surface area (Å²) in [5, 5.41) is 28.7. The predicted octanol–water partition coefficient (Wildman–Crippen LogP) is 4.67. The highest BCUT2D eigenvalue weighted by atomic mass is 19.4. The highest BCUT2D eigenvalue weighted by Crippen LogP contribution is 2.53. The van der Waals surface area contributed by atoms with Crippen molar-refractivity contribution in [3.63, 3.8) is 0 Å². The molecule has 0 bridgehead atoms. The number of nitrogens with zero attached hydrogens (tertiary/aromatic N) is 7. The molecule has 6 rings (SSSR count). The molecule has 226 valence electrons. The van der Waals surface area contributed by atoms with Gasteiger partial charge in [-0.05, 0) is 68.0 Å². The smallest absolute Gasteiger partial charge is 0.420 e. The maximum Gasteiger partial charge on any atom is 0.420 e. The number of carbonyl (C=O) groups is 1. The number of amides is 1. The summed E-state index contributed by atoms with van der Waals surface area (Å²) in [5.41, 5.74) is 0.955. The number of hydrogen-bond donors (Lipinski definition) is 3. The van der Waals surface area contributed by atoms with E-state index in [4.69, 9.17) is 0 Å². The summed E-state index contributed by atoms with van der Waals surface area (Å²) in [6, 6.07) is 5.64. The van der Waals surface area contributed by atoms with Crippen LogP contribution in [0.25, 0.3) is 22.6 Å². The number of benzene rings is 1. The molecule has 3 aromatic heterocycles. The van der Waals surface area contributed by atoms with Crippen LogP contribution in [0.15, 0.2) is 36.8 Å². The van der Waals surface area contributed by atoms with Gasteiger partial charge in [0.2, 0.25) is 0 Å². The molecular formula is C29H32F3N9O2. The second-order valence-electron chi connectivity index (χ2n) is 11.4. The molecule has 2 fully saturated rings. The molecule has 0 unspecified atom stereocenters. The molecule has 3 N–H and O–H groups in total. The van der Waals surface area contributed by atoms with Crippen molar-refractivity contribution in [3.05, 3.63) is 53.6 Å². The molecule has 0 atom stereocenters. The van der Waals surface area contributed by atoms with E-state index < -0.39 is 23.4 Å². The Morgan fingerprint density at radius 2 is 1.93 bits per heavy atom. The van der Waals surface area contributed by atoms with Crippen LogP contribution in [-0.4, -0.2) is 65.1 Å².